The second kappa shape index (κ2) is 5.39. The molecule has 0 aliphatic carbocycles. The molecule has 2 aliphatic rings. The predicted molar refractivity (Wildman–Crippen MR) is 65.3 cm³/mol. The molecule has 0 aromatic rings. The fourth-order valence-electron chi connectivity index (χ4n) is 1.71. The van der Waals surface area contributed by atoms with Crippen LogP contribution in [0.3, 0.4) is 0 Å². The molecule has 0 amide bonds. The molecule has 0 radical (unpaired) electrons. The van der Waals surface area contributed by atoms with Crippen molar-refractivity contribution in [1.29, 1.82) is 0 Å². The van der Waals surface area contributed by atoms with E-state index in [0.29, 0.717) is 0 Å². The zero-order valence-corrected chi connectivity index (χ0v) is 11.3. The lowest BCUT2D eigenvalue weighted by atomic mass is 10.2. The summed E-state index contributed by atoms with van der Waals surface area (Å²) < 4.78 is 42.4. The number of rotatable bonds is 0. The van der Waals surface area contributed by atoms with E-state index in [-0.39, 0.29) is 23.0 Å². The standard InChI is InChI=1S/2C4H9NO3S/c2*5-3-1-9(7,8)2-4(3)6/h2*3-4,6H,1-2,5H2/t2*3-,4-/m10/s1. The van der Waals surface area contributed by atoms with Gasteiger partial charge in [-0.3, -0.25) is 0 Å². The molecule has 0 saturated carbocycles. The minimum Gasteiger partial charge on any atom is -0.390 e. The Morgan fingerprint density at radius 3 is 1.06 bits per heavy atom. The maximum Gasteiger partial charge on any atom is 0.154 e. The summed E-state index contributed by atoms with van der Waals surface area (Å²) >= 11 is 0. The van der Waals surface area contributed by atoms with E-state index in [9.17, 15) is 16.8 Å². The van der Waals surface area contributed by atoms with Crippen LogP contribution in [0.5, 0.6) is 0 Å². The van der Waals surface area contributed by atoms with Crippen LogP contribution < -0.4 is 11.5 Å². The molecule has 108 valence electrons. The van der Waals surface area contributed by atoms with E-state index < -0.39 is 44.0 Å². The van der Waals surface area contributed by atoms with Gasteiger partial charge in [-0.25, -0.2) is 16.8 Å². The highest BCUT2D eigenvalue weighted by molar-refractivity contribution is 7.92. The minimum absolute atomic E-state index is 0.0752. The third kappa shape index (κ3) is 4.44. The fourth-order valence-corrected chi connectivity index (χ4v) is 5.14. The molecule has 0 bridgehead atoms. The highest BCUT2D eigenvalue weighted by atomic mass is 32.2. The summed E-state index contributed by atoms with van der Waals surface area (Å²) in [4.78, 5) is 0. The highest BCUT2D eigenvalue weighted by Gasteiger charge is 2.34. The van der Waals surface area contributed by atoms with Crippen LogP contribution in [-0.4, -0.2) is 74.4 Å². The Morgan fingerprint density at radius 2 is 1.00 bits per heavy atom. The van der Waals surface area contributed by atoms with Gasteiger partial charge in [-0.2, -0.15) is 0 Å². The summed E-state index contributed by atoms with van der Waals surface area (Å²) in [6.07, 6.45) is -1.70. The number of aliphatic hydroxyl groups is 2. The van der Waals surface area contributed by atoms with Gasteiger partial charge in [0.05, 0.1) is 35.2 Å². The van der Waals surface area contributed by atoms with Crippen molar-refractivity contribution in [3.63, 3.8) is 0 Å². The summed E-state index contributed by atoms with van der Waals surface area (Å²) in [5, 5.41) is 17.7. The molecule has 2 aliphatic heterocycles. The SMILES string of the molecule is N[C@@H]1CS(=O)(=O)C[C@H]1O.N[C@H]1CS(=O)(=O)C[C@@H]1O. The molecule has 0 aromatic heterocycles. The van der Waals surface area contributed by atoms with E-state index in [0.717, 1.165) is 0 Å². The Labute approximate surface area is 106 Å². The lowest BCUT2D eigenvalue weighted by Crippen LogP contribution is -2.32. The van der Waals surface area contributed by atoms with Crippen molar-refractivity contribution in [2.45, 2.75) is 24.3 Å². The largest absolute Gasteiger partial charge is 0.390 e. The van der Waals surface area contributed by atoms with Crippen LogP contribution in [0, 0.1) is 0 Å². The number of nitrogens with two attached hydrogens (primary N) is 2. The van der Waals surface area contributed by atoms with Crippen LogP contribution in [0.1, 0.15) is 0 Å². The summed E-state index contributed by atoms with van der Waals surface area (Å²) in [6.45, 7) is 0. The van der Waals surface area contributed by atoms with Gasteiger partial charge >= 0.3 is 0 Å². The zero-order valence-electron chi connectivity index (χ0n) is 9.64. The highest BCUT2D eigenvalue weighted by Crippen LogP contribution is 2.10. The molecule has 2 fully saturated rings. The lowest BCUT2D eigenvalue weighted by Gasteiger charge is -2.02. The Bertz CT molecular complexity index is 410. The molecular formula is C8H18N2O6S2. The number of hydrogen-bond acceptors (Lipinski definition) is 8. The monoisotopic (exact) mass is 302 g/mol. The van der Waals surface area contributed by atoms with Crippen molar-refractivity contribution in [2.24, 2.45) is 11.5 Å². The first-order valence-electron chi connectivity index (χ1n) is 5.30. The van der Waals surface area contributed by atoms with E-state index in [1.165, 1.54) is 0 Å². The summed E-state index contributed by atoms with van der Waals surface area (Å²) in [6, 6.07) is -1.15. The normalized spacial score (nSPS) is 41.1. The van der Waals surface area contributed by atoms with Crippen LogP contribution in [-0.2, 0) is 19.7 Å². The summed E-state index contributed by atoms with van der Waals surface area (Å²) in [7, 11) is -6.04. The van der Waals surface area contributed by atoms with Gasteiger partial charge in [0.1, 0.15) is 0 Å². The van der Waals surface area contributed by atoms with Gasteiger partial charge in [0.2, 0.25) is 0 Å². The van der Waals surface area contributed by atoms with E-state index in [4.69, 9.17) is 21.7 Å². The van der Waals surface area contributed by atoms with Crippen LogP contribution >= 0.6 is 0 Å². The fraction of sp³-hybridized carbons (Fsp3) is 1.00. The van der Waals surface area contributed by atoms with Crippen molar-refractivity contribution in [3.8, 4) is 0 Å². The average Bonchev–Trinajstić information content (AvgIpc) is 2.49. The first-order chi connectivity index (χ1) is 8.02. The van der Waals surface area contributed by atoms with Gasteiger partial charge < -0.3 is 21.7 Å². The summed E-state index contributed by atoms with van der Waals surface area (Å²) in [5.41, 5.74) is 10.4. The molecule has 2 saturated heterocycles. The maximum absolute atomic E-state index is 10.6. The van der Waals surface area contributed by atoms with Crippen LogP contribution in [0.15, 0.2) is 0 Å². The topological polar surface area (TPSA) is 161 Å². The second-order valence-corrected chi connectivity index (χ2v) is 8.92. The molecule has 0 aromatic carbocycles. The first kappa shape index (κ1) is 15.8. The Hall–Kier alpha value is -0.260. The smallest absolute Gasteiger partial charge is 0.154 e. The van der Waals surface area contributed by atoms with Crippen molar-refractivity contribution in [3.05, 3.63) is 0 Å². The Morgan fingerprint density at radius 1 is 0.722 bits per heavy atom. The number of aliphatic hydroxyl groups excluding tert-OH is 2. The van der Waals surface area contributed by atoms with E-state index in [1.54, 1.807) is 0 Å². The zero-order chi connectivity index (χ0) is 14.1. The third-order valence-electron chi connectivity index (χ3n) is 2.73. The second-order valence-electron chi connectivity index (χ2n) is 4.62. The van der Waals surface area contributed by atoms with Gasteiger partial charge in [-0.1, -0.05) is 0 Å². The third-order valence-corrected chi connectivity index (χ3v) is 6.21. The molecule has 6 N–H and O–H groups in total. The molecule has 2 rings (SSSR count). The molecule has 0 unspecified atom stereocenters. The van der Waals surface area contributed by atoms with Crippen LogP contribution in [0.4, 0.5) is 0 Å². The van der Waals surface area contributed by atoms with Gasteiger partial charge in [0.15, 0.2) is 19.7 Å². The summed E-state index contributed by atoms with van der Waals surface area (Å²) in [5.74, 6) is -0.495. The Balaban J connectivity index is 0.000000180. The quantitative estimate of drug-likeness (QED) is 0.354. The van der Waals surface area contributed by atoms with Gasteiger partial charge in [-0.05, 0) is 0 Å². The van der Waals surface area contributed by atoms with Gasteiger partial charge in [-0.15, -0.1) is 0 Å². The minimum atomic E-state index is -3.02. The molecule has 2 heterocycles. The predicted octanol–water partition coefficient (Wildman–Crippen LogP) is -3.79. The van der Waals surface area contributed by atoms with Crippen LogP contribution in [0.2, 0.25) is 0 Å². The number of sulfone groups is 2. The van der Waals surface area contributed by atoms with E-state index in [1.807, 2.05) is 0 Å². The Kier molecular flexibility index (Phi) is 4.73. The first-order valence-corrected chi connectivity index (χ1v) is 8.95. The molecule has 4 atom stereocenters. The van der Waals surface area contributed by atoms with Crippen molar-refractivity contribution >= 4 is 19.7 Å². The molecule has 8 nitrogen and oxygen atoms in total. The van der Waals surface area contributed by atoms with Crippen molar-refractivity contribution < 1.29 is 27.0 Å². The molecule has 0 spiro atoms. The lowest BCUT2D eigenvalue weighted by molar-refractivity contribution is 0.183. The molecule has 10 heteroatoms. The molecular weight excluding hydrogens is 284 g/mol. The van der Waals surface area contributed by atoms with Gasteiger partial charge in [0.25, 0.3) is 0 Å². The van der Waals surface area contributed by atoms with E-state index >= 15 is 0 Å². The van der Waals surface area contributed by atoms with Crippen molar-refractivity contribution in [2.75, 3.05) is 23.0 Å². The number of hydrogen-bond donors (Lipinski definition) is 4. The molecule has 18 heavy (non-hydrogen) atoms. The van der Waals surface area contributed by atoms with Crippen LogP contribution in [0.25, 0.3) is 0 Å². The van der Waals surface area contributed by atoms with Gasteiger partial charge in [0, 0.05) is 12.1 Å². The average molecular weight is 302 g/mol. The van der Waals surface area contributed by atoms with E-state index in [2.05, 4.69) is 0 Å². The maximum atomic E-state index is 10.6. The van der Waals surface area contributed by atoms with Crippen molar-refractivity contribution in [1.82, 2.24) is 0 Å².